The molecule has 7 heteroatoms. The quantitative estimate of drug-likeness (QED) is 0.458. The van der Waals surface area contributed by atoms with E-state index in [-0.39, 0.29) is 17.2 Å². The molecule has 3 aromatic carbocycles. The van der Waals surface area contributed by atoms with Crippen molar-refractivity contribution in [2.75, 3.05) is 10.7 Å². The fourth-order valence-electron chi connectivity index (χ4n) is 3.12. The van der Waals surface area contributed by atoms with Crippen LogP contribution < -0.4 is 10.3 Å². The number of hydrazone groups is 1. The monoisotopic (exact) mass is 435 g/mol. The maximum absolute atomic E-state index is 12.5. The van der Waals surface area contributed by atoms with Crippen molar-refractivity contribution in [3.63, 3.8) is 0 Å². The van der Waals surface area contributed by atoms with Gasteiger partial charge in [0.1, 0.15) is 5.37 Å². The van der Waals surface area contributed by atoms with Crippen molar-refractivity contribution >= 4 is 47.1 Å². The summed E-state index contributed by atoms with van der Waals surface area (Å²) in [5.41, 5.74) is 5.63. The number of hydrogen-bond donors (Lipinski definition) is 1. The highest BCUT2D eigenvalue weighted by Gasteiger charge is 2.33. The van der Waals surface area contributed by atoms with Gasteiger partial charge in [-0.1, -0.05) is 54.1 Å². The molecule has 1 unspecified atom stereocenters. The normalized spacial score (nSPS) is 16.2. The van der Waals surface area contributed by atoms with Crippen molar-refractivity contribution in [3.8, 4) is 0 Å². The number of rotatable bonds is 5. The second kappa shape index (κ2) is 9.15. The molecule has 1 N–H and O–H groups in total. The number of benzene rings is 3. The van der Waals surface area contributed by atoms with Gasteiger partial charge in [0.05, 0.1) is 12.0 Å². The lowest BCUT2D eigenvalue weighted by atomic mass is 10.1. The van der Waals surface area contributed by atoms with E-state index < -0.39 is 0 Å². The Bertz CT molecular complexity index is 1070. The number of nitrogens with one attached hydrogen (secondary N) is 1. The van der Waals surface area contributed by atoms with Crippen LogP contribution in [0.15, 0.2) is 84.0 Å². The van der Waals surface area contributed by atoms with Crippen LogP contribution in [0.5, 0.6) is 0 Å². The topological polar surface area (TPSA) is 61.8 Å². The molecular formula is C23H18ClN3O2S. The van der Waals surface area contributed by atoms with E-state index in [0.717, 1.165) is 16.8 Å². The first-order valence-corrected chi connectivity index (χ1v) is 10.7. The van der Waals surface area contributed by atoms with Gasteiger partial charge in [-0.25, -0.2) is 5.43 Å². The lowest BCUT2D eigenvalue weighted by Gasteiger charge is -2.24. The molecule has 150 valence electrons. The molecule has 0 radical (unpaired) electrons. The van der Waals surface area contributed by atoms with Crippen molar-refractivity contribution < 1.29 is 9.59 Å². The minimum Gasteiger partial charge on any atom is -0.295 e. The summed E-state index contributed by atoms with van der Waals surface area (Å²) in [5.74, 6) is 0.161. The number of hydrogen-bond acceptors (Lipinski definition) is 4. The van der Waals surface area contributed by atoms with Crippen molar-refractivity contribution in [3.05, 3.63) is 101 Å². The van der Waals surface area contributed by atoms with E-state index in [4.69, 9.17) is 11.6 Å². The van der Waals surface area contributed by atoms with Crippen molar-refractivity contribution in [1.29, 1.82) is 0 Å². The second-order valence-corrected chi connectivity index (χ2v) is 8.14. The van der Waals surface area contributed by atoms with E-state index in [0.29, 0.717) is 16.3 Å². The number of halogens is 1. The highest BCUT2D eigenvalue weighted by molar-refractivity contribution is 8.00. The van der Waals surface area contributed by atoms with Crippen LogP contribution in [0.3, 0.4) is 0 Å². The molecule has 1 saturated heterocycles. The van der Waals surface area contributed by atoms with Crippen molar-refractivity contribution in [2.45, 2.75) is 5.37 Å². The van der Waals surface area contributed by atoms with Gasteiger partial charge >= 0.3 is 0 Å². The molecule has 0 aromatic heterocycles. The van der Waals surface area contributed by atoms with Crippen LogP contribution in [-0.2, 0) is 4.79 Å². The molecule has 0 aliphatic carbocycles. The molecule has 5 nitrogen and oxygen atoms in total. The molecule has 1 aliphatic rings. The van der Waals surface area contributed by atoms with Gasteiger partial charge in [-0.3, -0.25) is 14.5 Å². The zero-order valence-corrected chi connectivity index (χ0v) is 17.4. The van der Waals surface area contributed by atoms with Crippen LogP contribution in [0.2, 0.25) is 5.02 Å². The van der Waals surface area contributed by atoms with Crippen molar-refractivity contribution in [1.82, 2.24) is 5.43 Å². The SMILES string of the molecule is O=C(NN=Cc1ccc(Cl)cc1)c1ccc(N2C(=O)CSC2c2ccccc2)cc1. The van der Waals surface area contributed by atoms with E-state index in [2.05, 4.69) is 10.5 Å². The summed E-state index contributed by atoms with van der Waals surface area (Å²) < 4.78 is 0. The summed E-state index contributed by atoms with van der Waals surface area (Å²) in [7, 11) is 0. The van der Waals surface area contributed by atoms with Gasteiger partial charge in [-0.2, -0.15) is 5.10 Å². The fourth-order valence-corrected chi connectivity index (χ4v) is 4.42. The van der Waals surface area contributed by atoms with Gasteiger partial charge in [0.25, 0.3) is 5.91 Å². The molecule has 4 rings (SSSR count). The maximum Gasteiger partial charge on any atom is 0.271 e. The Morgan fingerprint density at radius 2 is 1.73 bits per heavy atom. The van der Waals surface area contributed by atoms with E-state index in [1.807, 2.05) is 30.3 Å². The molecular weight excluding hydrogens is 418 g/mol. The summed E-state index contributed by atoms with van der Waals surface area (Å²) in [6.45, 7) is 0. The zero-order valence-electron chi connectivity index (χ0n) is 15.9. The van der Waals surface area contributed by atoms with Gasteiger partial charge in [0, 0.05) is 16.3 Å². The van der Waals surface area contributed by atoms with Gasteiger partial charge in [0.2, 0.25) is 5.91 Å². The van der Waals surface area contributed by atoms with Gasteiger partial charge < -0.3 is 0 Å². The Morgan fingerprint density at radius 1 is 1.03 bits per heavy atom. The summed E-state index contributed by atoms with van der Waals surface area (Å²) in [5, 5.41) is 4.55. The smallest absolute Gasteiger partial charge is 0.271 e. The summed E-state index contributed by atoms with van der Waals surface area (Å²) in [6.07, 6.45) is 1.55. The Hall–Kier alpha value is -3.09. The first-order chi connectivity index (χ1) is 14.6. The third-order valence-corrected chi connectivity index (χ3v) is 6.07. The third-order valence-electron chi connectivity index (χ3n) is 4.61. The number of carbonyl (C=O) groups excluding carboxylic acids is 2. The van der Waals surface area contributed by atoms with E-state index in [9.17, 15) is 9.59 Å². The van der Waals surface area contributed by atoms with Gasteiger partial charge in [-0.15, -0.1) is 11.8 Å². The number of amides is 2. The fraction of sp³-hybridized carbons (Fsp3) is 0.0870. The van der Waals surface area contributed by atoms with Crippen LogP contribution >= 0.6 is 23.4 Å². The van der Waals surface area contributed by atoms with Crippen LogP contribution in [0.4, 0.5) is 5.69 Å². The molecule has 0 saturated carbocycles. The van der Waals surface area contributed by atoms with Gasteiger partial charge in [-0.05, 0) is 47.5 Å². The largest absolute Gasteiger partial charge is 0.295 e. The Kier molecular flexibility index (Phi) is 6.16. The first-order valence-electron chi connectivity index (χ1n) is 9.29. The molecule has 0 spiro atoms. The van der Waals surface area contributed by atoms with Crippen molar-refractivity contribution in [2.24, 2.45) is 5.10 Å². The molecule has 1 atom stereocenters. The van der Waals surface area contributed by atoms with Crippen LogP contribution in [0.25, 0.3) is 0 Å². The van der Waals surface area contributed by atoms with E-state index in [1.165, 1.54) is 0 Å². The summed E-state index contributed by atoms with van der Waals surface area (Å²) in [4.78, 5) is 26.6. The highest BCUT2D eigenvalue weighted by atomic mass is 35.5. The number of carbonyl (C=O) groups is 2. The van der Waals surface area contributed by atoms with E-state index >= 15 is 0 Å². The molecule has 3 aromatic rings. The molecule has 1 heterocycles. The number of thioether (sulfide) groups is 1. The maximum atomic E-state index is 12.5. The minimum absolute atomic E-state index is 0.0543. The first kappa shape index (κ1) is 20.2. The predicted octanol–water partition coefficient (Wildman–Crippen LogP) is 4.88. The predicted molar refractivity (Wildman–Crippen MR) is 122 cm³/mol. The molecule has 30 heavy (non-hydrogen) atoms. The Labute approximate surface area is 183 Å². The van der Waals surface area contributed by atoms with Crippen LogP contribution in [0.1, 0.15) is 26.9 Å². The average Bonchev–Trinajstić information content (AvgIpc) is 3.17. The van der Waals surface area contributed by atoms with Crippen LogP contribution in [0, 0.1) is 0 Å². The average molecular weight is 436 g/mol. The minimum atomic E-state index is -0.325. The summed E-state index contributed by atoms with van der Waals surface area (Å²) >= 11 is 7.45. The molecule has 1 fully saturated rings. The van der Waals surface area contributed by atoms with Crippen LogP contribution in [-0.4, -0.2) is 23.8 Å². The standard InChI is InChI=1S/C23H18ClN3O2S/c24-19-10-6-16(7-11-19)14-25-26-22(29)17-8-12-20(13-9-17)27-21(28)15-30-23(27)18-4-2-1-3-5-18/h1-14,23H,15H2,(H,26,29). The second-order valence-electron chi connectivity index (χ2n) is 6.64. The van der Waals surface area contributed by atoms with Gasteiger partial charge in [0.15, 0.2) is 0 Å². The molecule has 2 amide bonds. The highest BCUT2D eigenvalue weighted by Crippen LogP contribution is 2.41. The number of nitrogens with zero attached hydrogens (tertiary/aromatic N) is 2. The summed E-state index contributed by atoms with van der Waals surface area (Å²) in [6, 6.07) is 24.0. The molecule has 0 bridgehead atoms. The third kappa shape index (κ3) is 4.56. The van der Waals surface area contributed by atoms with E-state index in [1.54, 1.807) is 71.4 Å². The Morgan fingerprint density at radius 3 is 2.43 bits per heavy atom. The number of anilines is 1. The molecule has 1 aliphatic heterocycles. The lowest BCUT2D eigenvalue weighted by molar-refractivity contribution is -0.115. The Balaban J connectivity index is 1.44. The lowest BCUT2D eigenvalue weighted by Crippen LogP contribution is -2.28. The zero-order chi connectivity index (χ0) is 20.9.